The highest BCUT2D eigenvalue weighted by molar-refractivity contribution is 8.03. The summed E-state index contributed by atoms with van der Waals surface area (Å²) in [6, 6.07) is 3.83. The van der Waals surface area contributed by atoms with Crippen molar-refractivity contribution in [2.75, 3.05) is 26.3 Å². The van der Waals surface area contributed by atoms with Crippen LogP contribution in [0.3, 0.4) is 0 Å². The fourth-order valence-electron chi connectivity index (χ4n) is 3.49. The zero-order valence-corrected chi connectivity index (χ0v) is 16.3. The van der Waals surface area contributed by atoms with Crippen LogP contribution in [0.25, 0.3) is 11.3 Å². The average molecular weight is 382 g/mol. The third kappa shape index (κ3) is 3.21. The van der Waals surface area contributed by atoms with Crippen LogP contribution in [0, 0.1) is 0 Å². The first-order valence-electron chi connectivity index (χ1n) is 9.10. The smallest absolute Gasteiger partial charge is 0.274 e. The van der Waals surface area contributed by atoms with Crippen molar-refractivity contribution in [2.24, 2.45) is 0 Å². The highest BCUT2D eigenvalue weighted by Crippen LogP contribution is 2.43. The second-order valence-corrected chi connectivity index (χ2v) is 7.36. The molecule has 2 aliphatic rings. The van der Waals surface area contributed by atoms with Crippen molar-refractivity contribution in [1.29, 1.82) is 0 Å². The second-order valence-electron chi connectivity index (χ2n) is 6.34. The zero-order chi connectivity index (χ0) is 18.8. The van der Waals surface area contributed by atoms with E-state index in [0.717, 1.165) is 28.3 Å². The van der Waals surface area contributed by atoms with Gasteiger partial charge in [-0.05, 0) is 26.0 Å². The number of amides is 1. The van der Waals surface area contributed by atoms with Crippen LogP contribution in [0.15, 0.2) is 41.6 Å². The maximum Gasteiger partial charge on any atom is 0.274 e. The van der Waals surface area contributed by atoms with Gasteiger partial charge in [0, 0.05) is 47.3 Å². The minimum absolute atomic E-state index is 0.0117. The topological polar surface area (TPSA) is 60.3 Å². The molecule has 0 bridgehead atoms. The van der Waals surface area contributed by atoms with Crippen molar-refractivity contribution in [2.45, 2.75) is 19.6 Å². The summed E-state index contributed by atoms with van der Waals surface area (Å²) in [5.74, 6) is 0.727. The summed E-state index contributed by atoms with van der Waals surface area (Å²) in [7, 11) is 0. The van der Waals surface area contributed by atoms with Crippen molar-refractivity contribution in [3.8, 4) is 5.69 Å². The lowest BCUT2D eigenvalue weighted by atomic mass is 10.0. The Bertz CT molecular complexity index is 912. The maximum atomic E-state index is 13.2. The maximum absolute atomic E-state index is 13.2. The summed E-state index contributed by atoms with van der Waals surface area (Å²) in [6.45, 7) is 6.46. The number of rotatable bonds is 2. The van der Waals surface area contributed by atoms with Crippen LogP contribution in [0.1, 0.15) is 35.6 Å². The number of morpholine rings is 1. The summed E-state index contributed by atoms with van der Waals surface area (Å²) in [5, 5.41) is 4.78. The van der Waals surface area contributed by atoms with Gasteiger partial charge in [-0.2, -0.15) is 5.10 Å². The number of hydrogen-bond acceptors (Lipinski definition) is 5. The second kappa shape index (κ2) is 7.70. The number of allylic oxidation sites excluding steroid dienone is 3. The minimum atomic E-state index is -0.0117. The van der Waals surface area contributed by atoms with Crippen molar-refractivity contribution in [3.63, 3.8) is 0 Å². The lowest BCUT2D eigenvalue weighted by molar-refractivity contribution is 0.0298. The van der Waals surface area contributed by atoms with Crippen LogP contribution in [0.4, 0.5) is 0 Å². The zero-order valence-electron chi connectivity index (χ0n) is 15.5. The van der Waals surface area contributed by atoms with Crippen molar-refractivity contribution in [3.05, 3.63) is 58.5 Å². The molecular weight excluding hydrogens is 360 g/mol. The molecule has 7 heteroatoms. The number of carbonyl (C=O) groups excluding carboxylic acids is 1. The van der Waals surface area contributed by atoms with E-state index in [-0.39, 0.29) is 5.91 Å². The van der Waals surface area contributed by atoms with Crippen molar-refractivity contribution in [1.82, 2.24) is 19.7 Å². The Labute approximate surface area is 162 Å². The van der Waals surface area contributed by atoms with Gasteiger partial charge in [-0.1, -0.05) is 12.2 Å². The standard InChI is InChI=1S/C20H22N4O2S/c1-3-15-17(4-2)27-13-16-18(20(25)23-9-11-26-12-10-23)22-24(19(15)16)14-5-7-21-8-6-14/h3-8H,9-13H2,1-2H3/b15-3+,17-4+. The molecule has 4 rings (SSSR count). The molecule has 27 heavy (non-hydrogen) atoms. The highest BCUT2D eigenvalue weighted by Gasteiger charge is 2.32. The number of aromatic nitrogens is 3. The third-order valence-corrected chi connectivity index (χ3v) is 6.03. The van der Waals surface area contributed by atoms with E-state index in [1.54, 1.807) is 24.2 Å². The Kier molecular flexibility index (Phi) is 5.13. The van der Waals surface area contributed by atoms with Gasteiger partial charge in [0.15, 0.2) is 5.69 Å². The van der Waals surface area contributed by atoms with Crippen LogP contribution in [-0.4, -0.2) is 51.9 Å². The quantitative estimate of drug-likeness (QED) is 0.798. The average Bonchev–Trinajstić information content (AvgIpc) is 3.13. The first kappa shape index (κ1) is 18.0. The highest BCUT2D eigenvalue weighted by atomic mass is 32.2. The molecule has 0 saturated carbocycles. The SMILES string of the molecule is C/C=C1\C(=C/C)SCc2c(C(=O)N3CCOCC3)nn(-c3ccncc3)c21. The van der Waals surface area contributed by atoms with Crippen molar-refractivity contribution < 1.29 is 9.53 Å². The molecule has 6 nitrogen and oxygen atoms in total. The largest absolute Gasteiger partial charge is 0.378 e. The van der Waals surface area contributed by atoms with E-state index in [4.69, 9.17) is 9.84 Å². The Morgan fingerprint density at radius 3 is 2.59 bits per heavy atom. The first-order chi connectivity index (χ1) is 13.2. The first-order valence-corrected chi connectivity index (χ1v) is 10.1. The molecule has 2 aromatic rings. The van der Waals surface area contributed by atoms with Gasteiger partial charge < -0.3 is 9.64 Å². The van der Waals surface area contributed by atoms with E-state index in [9.17, 15) is 4.79 Å². The number of fused-ring (bicyclic) bond motifs is 1. The Balaban J connectivity index is 1.87. The predicted molar refractivity (Wildman–Crippen MR) is 107 cm³/mol. The van der Waals surface area contributed by atoms with E-state index < -0.39 is 0 Å². The van der Waals surface area contributed by atoms with E-state index >= 15 is 0 Å². The summed E-state index contributed by atoms with van der Waals surface area (Å²) in [6.07, 6.45) is 7.71. The van der Waals surface area contributed by atoms with Crippen LogP contribution in [0.5, 0.6) is 0 Å². The molecule has 1 saturated heterocycles. The lowest BCUT2D eigenvalue weighted by Crippen LogP contribution is -2.41. The van der Waals surface area contributed by atoms with Gasteiger partial charge in [-0.15, -0.1) is 11.8 Å². The predicted octanol–water partition coefficient (Wildman–Crippen LogP) is 3.29. The number of nitrogens with zero attached hydrogens (tertiary/aromatic N) is 4. The summed E-state index contributed by atoms with van der Waals surface area (Å²) in [5.41, 5.74) is 4.59. The molecule has 0 unspecified atom stereocenters. The monoisotopic (exact) mass is 382 g/mol. The van der Waals surface area contributed by atoms with Crippen molar-refractivity contribution >= 4 is 23.2 Å². The van der Waals surface area contributed by atoms with Gasteiger partial charge >= 0.3 is 0 Å². The molecule has 0 N–H and O–H groups in total. The molecule has 4 heterocycles. The minimum Gasteiger partial charge on any atom is -0.378 e. The van der Waals surface area contributed by atoms with Gasteiger partial charge in [-0.3, -0.25) is 9.78 Å². The molecule has 1 fully saturated rings. The van der Waals surface area contributed by atoms with E-state index in [0.29, 0.717) is 32.0 Å². The van der Waals surface area contributed by atoms with E-state index in [1.807, 2.05) is 35.6 Å². The molecule has 2 aliphatic heterocycles. The number of hydrogen-bond donors (Lipinski definition) is 0. The molecule has 0 atom stereocenters. The fourth-order valence-corrected chi connectivity index (χ4v) is 4.60. The summed E-state index contributed by atoms with van der Waals surface area (Å²) in [4.78, 5) is 20.4. The molecule has 0 radical (unpaired) electrons. The number of pyridine rings is 1. The molecule has 0 spiro atoms. The van der Waals surface area contributed by atoms with Gasteiger partial charge in [0.25, 0.3) is 5.91 Å². The van der Waals surface area contributed by atoms with Crippen LogP contribution >= 0.6 is 11.8 Å². The summed E-state index contributed by atoms with van der Waals surface area (Å²) < 4.78 is 7.28. The fraction of sp³-hybridized carbons (Fsp3) is 0.350. The van der Waals surface area contributed by atoms with Crippen LogP contribution in [0.2, 0.25) is 0 Å². The van der Waals surface area contributed by atoms with Gasteiger partial charge in [0.2, 0.25) is 0 Å². The lowest BCUT2D eigenvalue weighted by Gasteiger charge is -2.26. The Hall–Kier alpha value is -2.38. The Morgan fingerprint density at radius 1 is 1.19 bits per heavy atom. The van der Waals surface area contributed by atoms with E-state index in [1.165, 1.54) is 4.91 Å². The third-order valence-electron chi connectivity index (χ3n) is 4.84. The molecule has 1 amide bonds. The molecular formula is C20H22N4O2S. The number of thioether (sulfide) groups is 1. The number of carbonyl (C=O) groups is 1. The normalized spacial score (nSPS) is 20.1. The van der Waals surface area contributed by atoms with Crippen LogP contribution in [-0.2, 0) is 10.5 Å². The Morgan fingerprint density at radius 2 is 1.93 bits per heavy atom. The molecule has 2 aromatic heterocycles. The van der Waals surface area contributed by atoms with Gasteiger partial charge in [0.05, 0.1) is 24.6 Å². The van der Waals surface area contributed by atoms with Gasteiger partial charge in [0.1, 0.15) is 0 Å². The summed E-state index contributed by atoms with van der Waals surface area (Å²) >= 11 is 1.76. The number of ether oxygens (including phenoxy) is 1. The van der Waals surface area contributed by atoms with Crippen LogP contribution < -0.4 is 0 Å². The molecule has 0 aromatic carbocycles. The molecule has 140 valence electrons. The molecule has 0 aliphatic carbocycles. The van der Waals surface area contributed by atoms with E-state index in [2.05, 4.69) is 17.1 Å². The van der Waals surface area contributed by atoms with Gasteiger partial charge in [-0.25, -0.2) is 4.68 Å².